The van der Waals surface area contributed by atoms with Crippen molar-refractivity contribution >= 4 is 17.9 Å². The summed E-state index contributed by atoms with van der Waals surface area (Å²) >= 11 is 0. The molecule has 114 valence electrons. The first-order valence-corrected chi connectivity index (χ1v) is 6.83. The molecule has 1 heterocycles. The zero-order chi connectivity index (χ0) is 15.3. The largest absolute Gasteiger partial charge is 0.481 e. The van der Waals surface area contributed by atoms with Gasteiger partial charge in [0.25, 0.3) is 0 Å². The molecule has 0 radical (unpaired) electrons. The SMILES string of the molecule is CC(CCCNC(=O)N1CCNC(=O)C1(C)C)C(=O)O. The third kappa shape index (κ3) is 3.85. The van der Waals surface area contributed by atoms with Crippen molar-refractivity contribution in [2.45, 2.75) is 39.2 Å². The van der Waals surface area contributed by atoms with E-state index < -0.39 is 17.4 Å². The van der Waals surface area contributed by atoms with Crippen molar-refractivity contribution in [3.05, 3.63) is 0 Å². The molecule has 3 amide bonds. The van der Waals surface area contributed by atoms with Crippen molar-refractivity contribution in [1.29, 1.82) is 0 Å². The molecule has 0 aromatic carbocycles. The zero-order valence-corrected chi connectivity index (χ0v) is 12.2. The molecule has 1 saturated heterocycles. The second kappa shape index (κ2) is 6.58. The number of carboxylic acid groups (broad SMARTS) is 1. The lowest BCUT2D eigenvalue weighted by molar-refractivity contribution is -0.141. The first-order valence-electron chi connectivity index (χ1n) is 6.83. The number of carbonyl (C=O) groups excluding carboxylic acids is 2. The number of carboxylic acids is 1. The Labute approximate surface area is 118 Å². The van der Waals surface area contributed by atoms with Gasteiger partial charge < -0.3 is 20.6 Å². The van der Waals surface area contributed by atoms with E-state index in [9.17, 15) is 14.4 Å². The first-order chi connectivity index (χ1) is 9.26. The highest BCUT2D eigenvalue weighted by Crippen LogP contribution is 2.17. The highest BCUT2D eigenvalue weighted by molar-refractivity contribution is 5.91. The number of rotatable bonds is 5. The zero-order valence-electron chi connectivity index (χ0n) is 12.2. The molecule has 0 aliphatic carbocycles. The number of piperazine rings is 1. The average Bonchev–Trinajstić information content (AvgIpc) is 2.37. The number of urea groups is 1. The minimum atomic E-state index is -0.864. The fourth-order valence-electron chi connectivity index (χ4n) is 2.08. The summed E-state index contributed by atoms with van der Waals surface area (Å²) in [5.41, 5.74) is -0.864. The molecule has 0 bridgehead atoms. The molecule has 20 heavy (non-hydrogen) atoms. The maximum atomic E-state index is 12.1. The van der Waals surface area contributed by atoms with Crippen LogP contribution in [0, 0.1) is 5.92 Å². The van der Waals surface area contributed by atoms with Gasteiger partial charge in [-0.2, -0.15) is 0 Å². The molecule has 7 nitrogen and oxygen atoms in total. The minimum Gasteiger partial charge on any atom is -0.481 e. The van der Waals surface area contributed by atoms with Crippen molar-refractivity contribution in [2.75, 3.05) is 19.6 Å². The van der Waals surface area contributed by atoms with Gasteiger partial charge in [-0.1, -0.05) is 6.92 Å². The summed E-state index contributed by atoms with van der Waals surface area (Å²) in [4.78, 5) is 35.9. The Kier molecular flexibility index (Phi) is 5.35. The van der Waals surface area contributed by atoms with Gasteiger partial charge in [-0.05, 0) is 26.7 Å². The molecule has 7 heteroatoms. The highest BCUT2D eigenvalue weighted by Gasteiger charge is 2.40. The quantitative estimate of drug-likeness (QED) is 0.637. The lowest BCUT2D eigenvalue weighted by Crippen LogP contribution is -2.65. The van der Waals surface area contributed by atoms with Crippen LogP contribution in [0.1, 0.15) is 33.6 Å². The summed E-state index contributed by atoms with van der Waals surface area (Å²) in [5, 5.41) is 14.2. The third-order valence-electron chi connectivity index (χ3n) is 3.61. The van der Waals surface area contributed by atoms with E-state index in [0.29, 0.717) is 32.5 Å². The number of carbonyl (C=O) groups is 3. The van der Waals surface area contributed by atoms with E-state index in [1.54, 1.807) is 20.8 Å². The van der Waals surface area contributed by atoms with Gasteiger partial charge in [0.15, 0.2) is 0 Å². The van der Waals surface area contributed by atoms with Gasteiger partial charge in [0.2, 0.25) is 5.91 Å². The molecule has 1 aliphatic rings. The van der Waals surface area contributed by atoms with Crippen molar-refractivity contribution in [3.8, 4) is 0 Å². The number of hydrogen-bond acceptors (Lipinski definition) is 3. The lowest BCUT2D eigenvalue weighted by atomic mass is 9.99. The fraction of sp³-hybridized carbons (Fsp3) is 0.769. The lowest BCUT2D eigenvalue weighted by Gasteiger charge is -2.40. The molecule has 0 aromatic heterocycles. The van der Waals surface area contributed by atoms with E-state index >= 15 is 0 Å². The van der Waals surface area contributed by atoms with Crippen molar-refractivity contribution < 1.29 is 19.5 Å². The molecule has 1 atom stereocenters. The van der Waals surface area contributed by atoms with Crippen LogP contribution in [0.2, 0.25) is 0 Å². The summed E-state index contributed by atoms with van der Waals surface area (Å²) in [5.74, 6) is -1.41. The van der Waals surface area contributed by atoms with Gasteiger partial charge in [-0.25, -0.2) is 4.79 Å². The average molecular weight is 285 g/mol. The molecule has 0 saturated carbocycles. The maximum absolute atomic E-state index is 12.1. The molecule has 1 rings (SSSR count). The molecule has 1 aliphatic heterocycles. The van der Waals surface area contributed by atoms with E-state index in [-0.39, 0.29) is 11.9 Å². The molecular weight excluding hydrogens is 262 g/mol. The van der Waals surface area contributed by atoms with Crippen LogP contribution >= 0.6 is 0 Å². The highest BCUT2D eigenvalue weighted by atomic mass is 16.4. The standard InChI is InChI=1S/C13H23N3O4/c1-9(10(17)18)5-4-6-15-12(20)16-8-7-14-11(19)13(16,2)3/h9H,4-8H2,1-3H3,(H,14,19)(H,15,20)(H,17,18). The normalized spacial score (nSPS) is 19.1. The van der Waals surface area contributed by atoms with E-state index in [0.717, 1.165) is 0 Å². The summed E-state index contributed by atoms with van der Waals surface area (Å²) in [6, 6.07) is -0.284. The predicted molar refractivity (Wildman–Crippen MR) is 73.2 cm³/mol. The van der Waals surface area contributed by atoms with Crippen LogP contribution in [0.5, 0.6) is 0 Å². The van der Waals surface area contributed by atoms with Crippen LogP contribution < -0.4 is 10.6 Å². The van der Waals surface area contributed by atoms with E-state index in [1.165, 1.54) is 4.90 Å². The second-order valence-corrected chi connectivity index (χ2v) is 5.58. The van der Waals surface area contributed by atoms with Crippen molar-refractivity contribution in [1.82, 2.24) is 15.5 Å². The fourth-order valence-corrected chi connectivity index (χ4v) is 2.08. The van der Waals surface area contributed by atoms with Crippen LogP contribution in [-0.4, -0.2) is 53.1 Å². The van der Waals surface area contributed by atoms with Gasteiger partial charge in [0.05, 0.1) is 5.92 Å². The monoisotopic (exact) mass is 285 g/mol. The molecule has 3 N–H and O–H groups in total. The number of nitrogens with zero attached hydrogens (tertiary/aromatic N) is 1. The van der Waals surface area contributed by atoms with Gasteiger partial charge in [0.1, 0.15) is 5.54 Å². The van der Waals surface area contributed by atoms with E-state index in [4.69, 9.17) is 5.11 Å². The van der Waals surface area contributed by atoms with Gasteiger partial charge >= 0.3 is 12.0 Å². The Hall–Kier alpha value is -1.79. The summed E-state index contributed by atoms with van der Waals surface area (Å²) in [6.45, 7) is 6.37. The molecule has 1 unspecified atom stereocenters. The third-order valence-corrected chi connectivity index (χ3v) is 3.61. The van der Waals surface area contributed by atoms with Gasteiger partial charge in [-0.3, -0.25) is 9.59 Å². The van der Waals surface area contributed by atoms with Crippen molar-refractivity contribution in [3.63, 3.8) is 0 Å². The Bertz CT molecular complexity index is 395. The number of nitrogens with one attached hydrogen (secondary N) is 2. The minimum absolute atomic E-state index is 0.168. The maximum Gasteiger partial charge on any atom is 0.318 e. The van der Waals surface area contributed by atoms with E-state index in [1.807, 2.05) is 0 Å². The summed E-state index contributed by atoms with van der Waals surface area (Å²) in [6.07, 6.45) is 1.11. The van der Waals surface area contributed by atoms with E-state index in [2.05, 4.69) is 10.6 Å². The predicted octanol–water partition coefficient (Wildman–Crippen LogP) is 0.407. The second-order valence-electron chi connectivity index (χ2n) is 5.58. The topological polar surface area (TPSA) is 98.7 Å². The Balaban J connectivity index is 2.39. The van der Waals surface area contributed by atoms with Crippen LogP contribution in [-0.2, 0) is 9.59 Å². The molecular formula is C13H23N3O4. The smallest absolute Gasteiger partial charge is 0.318 e. The number of amides is 3. The van der Waals surface area contributed by atoms with Crippen molar-refractivity contribution in [2.24, 2.45) is 5.92 Å². The first kappa shape index (κ1) is 16.3. The van der Waals surface area contributed by atoms with Crippen LogP contribution in [0.3, 0.4) is 0 Å². The Morgan fingerprint density at radius 2 is 2.15 bits per heavy atom. The van der Waals surface area contributed by atoms with Gasteiger partial charge in [-0.15, -0.1) is 0 Å². The Morgan fingerprint density at radius 1 is 1.50 bits per heavy atom. The molecule has 1 fully saturated rings. The van der Waals surface area contributed by atoms with Crippen LogP contribution in [0.4, 0.5) is 4.79 Å². The number of aliphatic carboxylic acids is 1. The molecule has 0 spiro atoms. The van der Waals surface area contributed by atoms with Crippen LogP contribution in [0.25, 0.3) is 0 Å². The number of hydrogen-bond donors (Lipinski definition) is 3. The summed E-state index contributed by atoms with van der Waals surface area (Å²) < 4.78 is 0. The summed E-state index contributed by atoms with van der Waals surface area (Å²) in [7, 11) is 0. The van der Waals surface area contributed by atoms with Crippen LogP contribution in [0.15, 0.2) is 0 Å². The Morgan fingerprint density at radius 3 is 2.75 bits per heavy atom. The molecule has 0 aromatic rings. The van der Waals surface area contributed by atoms with Gasteiger partial charge in [0, 0.05) is 19.6 Å².